The van der Waals surface area contributed by atoms with Crippen molar-refractivity contribution in [2.45, 2.75) is 58.5 Å². The topological polar surface area (TPSA) is 87.3 Å². The molecule has 2 N–H and O–H groups in total. The molecule has 1 aliphatic heterocycles. The van der Waals surface area contributed by atoms with E-state index in [1.165, 1.54) is 7.11 Å². The number of alkyl carbamates (subject to hydrolysis) is 1. The lowest BCUT2D eigenvalue weighted by Crippen LogP contribution is -2.51. The Kier molecular flexibility index (Phi) is 5.85. The van der Waals surface area contributed by atoms with Crippen LogP contribution in [0.5, 0.6) is 0 Å². The van der Waals surface area contributed by atoms with Crippen molar-refractivity contribution in [2.75, 3.05) is 13.7 Å². The normalized spacial score (nSPS) is 19.0. The second kappa shape index (κ2) is 7.68. The summed E-state index contributed by atoms with van der Waals surface area (Å²) in [5.41, 5.74) is 1.07. The molecule has 0 saturated carbocycles. The molecule has 24 heavy (non-hydrogen) atoms. The molecule has 7 heteroatoms. The van der Waals surface area contributed by atoms with E-state index in [1.54, 1.807) is 0 Å². The Hall–Kier alpha value is -2.05. The van der Waals surface area contributed by atoms with Crippen molar-refractivity contribution in [3.05, 3.63) is 17.7 Å². The van der Waals surface area contributed by atoms with E-state index >= 15 is 0 Å². The number of hydrogen-bond donors (Lipinski definition) is 2. The molecule has 0 aliphatic carbocycles. The van der Waals surface area contributed by atoms with Crippen LogP contribution in [-0.4, -0.2) is 46.6 Å². The lowest BCUT2D eigenvalue weighted by Gasteiger charge is -2.30. The zero-order valence-electron chi connectivity index (χ0n) is 15.1. The summed E-state index contributed by atoms with van der Waals surface area (Å²) >= 11 is 0. The zero-order chi connectivity index (χ0) is 17.9. The van der Waals surface area contributed by atoms with Crippen LogP contribution < -0.4 is 5.32 Å². The summed E-state index contributed by atoms with van der Waals surface area (Å²) in [6.07, 6.45) is 3.06. The van der Waals surface area contributed by atoms with E-state index in [2.05, 4.69) is 33.9 Å². The lowest BCUT2D eigenvalue weighted by molar-refractivity contribution is -0.135. The molecule has 2 amide bonds. The number of likely N-dealkylation sites (tertiary alicyclic amines) is 1. The maximum absolute atomic E-state index is 13.0. The van der Waals surface area contributed by atoms with Crippen molar-refractivity contribution in [3.63, 3.8) is 0 Å². The van der Waals surface area contributed by atoms with Gasteiger partial charge >= 0.3 is 6.09 Å². The van der Waals surface area contributed by atoms with Crippen molar-refractivity contribution < 1.29 is 14.3 Å². The summed E-state index contributed by atoms with van der Waals surface area (Å²) in [5.74, 6) is 1.08. The van der Waals surface area contributed by atoms with E-state index < -0.39 is 12.1 Å². The Bertz CT molecular complexity index is 582. The standard InChI is InChI=1S/C17H28N4O3/c1-10(2)12-9-18-15(19-12)13-7-6-8-21(13)16(22)14(11(3)4)20-17(23)24-5/h9-11,13-14H,6-8H2,1-5H3,(H,18,19)(H,20,23). The highest BCUT2D eigenvalue weighted by Gasteiger charge is 2.37. The molecular weight excluding hydrogens is 308 g/mol. The third-order valence-corrected chi connectivity index (χ3v) is 4.48. The lowest BCUT2D eigenvalue weighted by atomic mass is 10.0. The van der Waals surface area contributed by atoms with Gasteiger partial charge < -0.3 is 19.9 Å². The first-order valence-electron chi connectivity index (χ1n) is 8.54. The first kappa shape index (κ1) is 18.3. The molecule has 1 saturated heterocycles. The maximum atomic E-state index is 13.0. The summed E-state index contributed by atoms with van der Waals surface area (Å²) in [4.78, 5) is 34.2. The van der Waals surface area contributed by atoms with Crippen LogP contribution in [0.15, 0.2) is 6.20 Å². The molecule has 0 bridgehead atoms. The van der Waals surface area contributed by atoms with Gasteiger partial charge in [0, 0.05) is 18.4 Å². The summed E-state index contributed by atoms with van der Waals surface area (Å²) in [5, 5.41) is 2.66. The van der Waals surface area contributed by atoms with Gasteiger partial charge in [-0.1, -0.05) is 27.7 Å². The fourth-order valence-corrected chi connectivity index (χ4v) is 3.01. The number of nitrogens with zero attached hydrogens (tertiary/aromatic N) is 2. The number of nitrogens with one attached hydrogen (secondary N) is 2. The molecule has 0 aromatic carbocycles. The van der Waals surface area contributed by atoms with Crippen LogP contribution in [0.4, 0.5) is 4.79 Å². The number of aromatic amines is 1. The third-order valence-electron chi connectivity index (χ3n) is 4.48. The van der Waals surface area contributed by atoms with Gasteiger partial charge in [-0.25, -0.2) is 9.78 Å². The highest BCUT2D eigenvalue weighted by atomic mass is 16.5. The number of rotatable bonds is 5. The minimum atomic E-state index is -0.599. The summed E-state index contributed by atoms with van der Waals surface area (Å²) in [6.45, 7) is 8.70. The number of imidazole rings is 1. The number of ether oxygens (including phenoxy) is 1. The Labute approximate surface area is 143 Å². The van der Waals surface area contributed by atoms with Crippen molar-refractivity contribution in [3.8, 4) is 0 Å². The van der Waals surface area contributed by atoms with Crippen LogP contribution in [0.2, 0.25) is 0 Å². The predicted molar refractivity (Wildman–Crippen MR) is 90.5 cm³/mol. The fourth-order valence-electron chi connectivity index (χ4n) is 3.01. The van der Waals surface area contributed by atoms with Crippen LogP contribution in [-0.2, 0) is 9.53 Å². The average Bonchev–Trinajstić information content (AvgIpc) is 3.19. The van der Waals surface area contributed by atoms with Crippen LogP contribution in [0, 0.1) is 5.92 Å². The number of aromatic nitrogens is 2. The van der Waals surface area contributed by atoms with Crippen molar-refractivity contribution in [1.29, 1.82) is 0 Å². The Morgan fingerprint density at radius 3 is 2.62 bits per heavy atom. The van der Waals surface area contributed by atoms with Gasteiger partial charge in [-0.2, -0.15) is 0 Å². The Morgan fingerprint density at radius 2 is 2.08 bits per heavy atom. The van der Waals surface area contributed by atoms with Gasteiger partial charge in [-0.15, -0.1) is 0 Å². The molecule has 2 heterocycles. The largest absolute Gasteiger partial charge is 0.453 e. The first-order chi connectivity index (χ1) is 11.3. The smallest absolute Gasteiger partial charge is 0.407 e. The van der Waals surface area contributed by atoms with E-state index in [1.807, 2.05) is 24.9 Å². The summed E-state index contributed by atoms with van der Waals surface area (Å²) in [6, 6.07) is -0.664. The number of carbonyl (C=O) groups excluding carboxylic acids is 2. The fraction of sp³-hybridized carbons (Fsp3) is 0.706. The van der Waals surface area contributed by atoms with Gasteiger partial charge in [-0.3, -0.25) is 4.79 Å². The Morgan fingerprint density at radius 1 is 1.38 bits per heavy atom. The quantitative estimate of drug-likeness (QED) is 0.865. The number of H-pyrrole nitrogens is 1. The number of methoxy groups -OCH3 is 1. The van der Waals surface area contributed by atoms with E-state index in [4.69, 9.17) is 0 Å². The molecule has 7 nitrogen and oxygen atoms in total. The van der Waals surface area contributed by atoms with Crippen LogP contribution in [0.3, 0.4) is 0 Å². The number of hydrogen-bond acceptors (Lipinski definition) is 4. The van der Waals surface area contributed by atoms with Gasteiger partial charge in [0.25, 0.3) is 0 Å². The van der Waals surface area contributed by atoms with E-state index in [0.717, 1.165) is 24.4 Å². The second-order valence-electron chi connectivity index (χ2n) is 6.93. The van der Waals surface area contributed by atoms with Gasteiger partial charge in [0.2, 0.25) is 5.91 Å². The number of amides is 2. The molecule has 0 radical (unpaired) electrons. The molecule has 0 spiro atoms. The van der Waals surface area contributed by atoms with Crippen molar-refractivity contribution >= 4 is 12.0 Å². The molecule has 1 fully saturated rings. The maximum Gasteiger partial charge on any atom is 0.407 e. The predicted octanol–water partition coefficient (Wildman–Crippen LogP) is 2.58. The molecule has 1 aromatic rings. The minimum absolute atomic E-state index is 0.0272. The van der Waals surface area contributed by atoms with Crippen molar-refractivity contribution in [1.82, 2.24) is 20.2 Å². The monoisotopic (exact) mass is 336 g/mol. The zero-order valence-corrected chi connectivity index (χ0v) is 15.1. The molecule has 134 valence electrons. The van der Waals surface area contributed by atoms with Crippen LogP contribution in [0.25, 0.3) is 0 Å². The molecule has 2 atom stereocenters. The van der Waals surface area contributed by atoms with E-state index in [0.29, 0.717) is 12.5 Å². The van der Waals surface area contributed by atoms with Gasteiger partial charge in [-0.05, 0) is 24.7 Å². The molecular formula is C17H28N4O3. The molecule has 2 unspecified atom stereocenters. The molecule has 2 rings (SSSR count). The van der Waals surface area contributed by atoms with Crippen molar-refractivity contribution in [2.24, 2.45) is 5.92 Å². The highest BCUT2D eigenvalue weighted by molar-refractivity contribution is 5.86. The SMILES string of the molecule is COC(=O)NC(C(=O)N1CCCC1c1ncc(C(C)C)[nH]1)C(C)C. The summed E-state index contributed by atoms with van der Waals surface area (Å²) in [7, 11) is 1.30. The van der Waals surface area contributed by atoms with E-state index in [-0.39, 0.29) is 17.9 Å². The van der Waals surface area contributed by atoms with Gasteiger partial charge in [0.1, 0.15) is 11.9 Å². The highest BCUT2D eigenvalue weighted by Crippen LogP contribution is 2.32. The molecule has 1 aromatic heterocycles. The number of carbonyl (C=O) groups is 2. The van der Waals surface area contributed by atoms with Crippen LogP contribution >= 0.6 is 0 Å². The van der Waals surface area contributed by atoms with Gasteiger partial charge in [0.05, 0.1) is 13.2 Å². The molecule has 1 aliphatic rings. The van der Waals surface area contributed by atoms with E-state index in [9.17, 15) is 9.59 Å². The summed E-state index contributed by atoms with van der Waals surface area (Å²) < 4.78 is 4.65. The second-order valence-corrected chi connectivity index (χ2v) is 6.93. The first-order valence-corrected chi connectivity index (χ1v) is 8.54. The average molecular weight is 336 g/mol. The Balaban J connectivity index is 2.17. The minimum Gasteiger partial charge on any atom is -0.453 e. The van der Waals surface area contributed by atoms with Crippen LogP contribution in [0.1, 0.15) is 64.0 Å². The third kappa shape index (κ3) is 3.88. The van der Waals surface area contributed by atoms with Gasteiger partial charge in [0.15, 0.2) is 0 Å².